The van der Waals surface area contributed by atoms with Gasteiger partial charge in [-0.1, -0.05) is 0 Å². The third kappa shape index (κ3) is 1.66. The molecule has 1 aliphatic carbocycles. The highest BCUT2D eigenvalue weighted by molar-refractivity contribution is 5.80. The van der Waals surface area contributed by atoms with Crippen molar-refractivity contribution in [2.45, 2.75) is 25.7 Å². The molecule has 0 spiro atoms. The van der Waals surface area contributed by atoms with Crippen LogP contribution in [-0.4, -0.2) is 24.3 Å². The van der Waals surface area contributed by atoms with E-state index < -0.39 is 0 Å². The zero-order valence-electron chi connectivity index (χ0n) is 12.0. The monoisotopic (exact) mass is 267 g/mol. The first kappa shape index (κ1) is 11.6. The molecule has 5 heteroatoms. The van der Waals surface area contributed by atoms with Crippen molar-refractivity contribution in [3.8, 4) is 11.4 Å². The molecule has 4 rings (SSSR count). The Labute approximate surface area is 117 Å². The molecule has 20 heavy (non-hydrogen) atoms. The molecule has 0 aromatic carbocycles. The number of fused-ring (bicyclic) bond motifs is 1. The van der Waals surface area contributed by atoms with Crippen LogP contribution in [0.3, 0.4) is 0 Å². The van der Waals surface area contributed by atoms with E-state index in [4.69, 9.17) is 0 Å². The Balaban J connectivity index is 1.90. The summed E-state index contributed by atoms with van der Waals surface area (Å²) in [4.78, 5) is 9.22. The molecule has 3 heterocycles. The zero-order valence-corrected chi connectivity index (χ0v) is 12.0. The summed E-state index contributed by atoms with van der Waals surface area (Å²) in [6.07, 6.45) is 6.59. The number of hydrogen-bond donors (Lipinski definition) is 0. The molecule has 3 aromatic heterocycles. The lowest BCUT2D eigenvalue weighted by atomic mass is 10.1. The fraction of sp³-hybridized carbons (Fsp3) is 0.400. The van der Waals surface area contributed by atoms with Crippen LogP contribution in [0, 0.1) is 6.92 Å². The summed E-state index contributed by atoms with van der Waals surface area (Å²) >= 11 is 0. The predicted octanol–water partition coefficient (Wildman–Crippen LogP) is 2.55. The van der Waals surface area contributed by atoms with E-state index in [-0.39, 0.29) is 0 Å². The Bertz CT molecular complexity index is 807. The Morgan fingerprint density at radius 3 is 2.80 bits per heavy atom. The quantitative estimate of drug-likeness (QED) is 0.717. The normalized spacial score (nSPS) is 15.2. The van der Waals surface area contributed by atoms with Gasteiger partial charge in [-0.2, -0.15) is 5.10 Å². The highest BCUT2D eigenvalue weighted by Gasteiger charge is 2.28. The highest BCUT2D eigenvalue weighted by atomic mass is 15.3. The smallest absolute Gasteiger partial charge is 0.181 e. The van der Waals surface area contributed by atoms with Crippen molar-refractivity contribution >= 4 is 11.0 Å². The molecule has 0 N–H and O–H groups in total. The van der Waals surface area contributed by atoms with Crippen LogP contribution in [0.1, 0.15) is 30.1 Å². The number of pyridine rings is 1. The Kier molecular flexibility index (Phi) is 2.28. The summed E-state index contributed by atoms with van der Waals surface area (Å²) < 4.78 is 4.01. The largest absolute Gasteiger partial charge is 0.331 e. The van der Waals surface area contributed by atoms with Gasteiger partial charge in [0.25, 0.3) is 0 Å². The standard InChI is InChI=1S/C15H17N5/c1-9-12(6-11-8-19(2)18-14(11)17-9)15-16-7-13(20(15)3)10-4-5-10/h6-8,10H,4-5H2,1-3H3. The first-order valence-electron chi connectivity index (χ1n) is 6.96. The van der Waals surface area contributed by atoms with Crippen molar-refractivity contribution in [3.63, 3.8) is 0 Å². The minimum absolute atomic E-state index is 0.705. The number of aromatic nitrogens is 5. The van der Waals surface area contributed by atoms with Crippen LogP contribution in [0.2, 0.25) is 0 Å². The van der Waals surface area contributed by atoms with Crippen LogP contribution in [0.4, 0.5) is 0 Å². The molecule has 1 fully saturated rings. The number of hydrogen-bond acceptors (Lipinski definition) is 3. The van der Waals surface area contributed by atoms with E-state index in [0.717, 1.165) is 28.1 Å². The second-order valence-corrected chi connectivity index (χ2v) is 5.68. The van der Waals surface area contributed by atoms with Gasteiger partial charge < -0.3 is 4.57 Å². The van der Waals surface area contributed by atoms with Crippen molar-refractivity contribution in [2.24, 2.45) is 14.1 Å². The first-order chi connectivity index (χ1) is 9.63. The highest BCUT2D eigenvalue weighted by Crippen LogP contribution is 2.41. The van der Waals surface area contributed by atoms with E-state index in [1.54, 1.807) is 4.68 Å². The lowest BCUT2D eigenvalue weighted by Gasteiger charge is -2.07. The maximum atomic E-state index is 4.62. The fourth-order valence-electron chi connectivity index (χ4n) is 2.82. The Hall–Kier alpha value is -2.17. The number of rotatable bonds is 2. The second kappa shape index (κ2) is 3.91. The lowest BCUT2D eigenvalue weighted by Crippen LogP contribution is -1.99. The molecule has 1 saturated carbocycles. The van der Waals surface area contributed by atoms with Gasteiger partial charge in [-0.3, -0.25) is 4.68 Å². The van der Waals surface area contributed by atoms with Gasteiger partial charge in [-0.25, -0.2) is 9.97 Å². The summed E-state index contributed by atoms with van der Waals surface area (Å²) in [5.74, 6) is 1.71. The molecular formula is C15H17N5. The van der Waals surface area contributed by atoms with E-state index >= 15 is 0 Å². The first-order valence-corrected chi connectivity index (χ1v) is 6.96. The van der Waals surface area contributed by atoms with Crippen LogP contribution in [0.25, 0.3) is 22.4 Å². The summed E-state index contributed by atoms with van der Waals surface area (Å²) in [6.45, 7) is 2.02. The van der Waals surface area contributed by atoms with Crippen molar-refractivity contribution < 1.29 is 0 Å². The molecule has 5 nitrogen and oxygen atoms in total. The van der Waals surface area contributed by atoms with Gasteiger partial charge >= 0.3 is 0 Å². The fourth-order valence-corrected chi connectivity index (χ4v) is 2.82. The van der Waals surface area contributed by atoms with Gasteiger partial charge in [-0.05, 0) is 25.8 Å². The summed E-state index contributed by atoms with van der Waals surface area (Å²) in [7, 11) is 4.02. The van der Waals surface area contributed by atoms with Gasteiger partial charge in [0, 0.05) is 49.1 Å². The maximum absolute atomic E-state index is 4.62. The van der Waals surface area contributed by atoms with Crippen molar-refractivity contribution in [1.29, 1.82) is 0 Å². The number of imidazole rings is 1. The van der Waals surface area contributed by atoms with E-state index in [2.05, 4.69) is 32.7 Å². The van der Waals surface area contributed by atoms with E-state index in [0.29, 0.717) is 5.92 Å². The molecule has 0 radical (unpaired) electrons. The van der Waals surface area contributed by atoms with E-state index in [1.807, 2.05) is 26.4 Å². The van der Waals surface area contributed by atoms with Crippen LogP contribution in [0.5, 0.6) is 0 Å². The number of aryl methyl sites for hydroxylation is 2. The summed E-state index contributed by atoms with van der Waals surface area (Å²) in [5, 5.41) is 5.41. The summed E-state index contributed by atoms with van der Waals surface area (Å²) in [5.41, 5.74) is 4.21. The topological polar surface area (TPSA) is 48.5 Å². The van der Waals surface area contributed by atoms with Gasteiger partial charge in [0.2, 0.25) is 0 Å². The average Bonchev–Trinajstić information content (AvgIpc) is 3.08. The second-order valence-electron chi connectivity index (χ2n) is 5.68. The van der Waals surface area contributed by atoms with Gasteiger partial charge in [-0.15, -0.1) is 0 Å². The Morgan fingerprint density at radius 1 is 1.25 bits per heavy atom. The molecule has 0 bridgehead atoms. The summed E-state index contributed by atoms with van der Waals surface area (Å²) in [6, 6.07) is 2.14. The molecule has 0 amide bonds. The molecular weight excluding hydrogens is 250 g/mol. The van der Waals surface area contributed by atoms with Crippen molar-refractivity contribution in [2.75, 3.05) is 0 Å². The SMILES string of the molecule is Cc1nc2nn(C)cc2cc1-c1ncc(C2CC2)n1C. The van der Waals surface area contributed by atoms with Gasteiger partial charge in [0.1, 0.15) is 5.82 Å². The number of nitrogens with zero attached hydrogens (tertiary/aromatic N) is 5. The Morgan fingerprint density at radius 2 is 2.05 bits per heavy atom. The lowest BCUT2D eigenvalue weighted by molar-refractivity contribution is 0.775. The third-order valence-electron chi connectivity index (χ3n) is 4.06. The van der Waals surface area contributed by atoms with Crippen molar-refractivity contribution in [3.05, 3.63) is 29.8 Å². The van der Waals surface area contributed by atoms with E-state index in [9.17, 15) is 0 Å². The molecule has 1 aliphatic rings. The van der Waals surface area contributed by atoms with Crippen molar-refractivity contribution in [1.82, 2.24) is 24.3 Å². The van der Waals surface area contributed by atoms with Gasteiger partial charge in [0.05, 0.1) is 5.69 Å². The van der Waals surface area contributed by atoms with Gasteiger partial charge in [0.15, 0.2) is 5.65 Å². The van der Waals surface area contributed by atoms with Crippen LogP contribution >= 0.6 is 0 Å². The molecule has 0 saturated heterocycles. The molecule has 0 atom stereocenters. The molecule has 3 aromatic rings. The minimum Gasteiger partial charge on any atom is -0.331 e. The van der Waals surface area contributed by atoms with Crippen LogP contribution in [0.15, 0.2) is 18.5 Å². The van der Waals surface area contributed by atoms with Crippen LogP contribution < -0.4 is 0 Å². The predicted molar refractivity (Wildman–Crippen MR) is 77.4 cm³/mol. The minimum atomic E-state index is 0.705. The molecule has 0 aliphatic heterocycles. The van der Waals surface area contributed by atoms with Crippen LogP contribution in [-0.2, 0) is 14.1 Å². The van der Waals surface area contributed by atoms with E-state index in [1.165, 1.54) is 18.5 Å². The average molecular weight is 267 g/mol. The molecule has 102 valence electrons. The third-order valence-corrected chi connectivity index (χ3v) is 4.06. The molecule has 0 unspecified atom stereocenters. The maximum Gasteiger partial charge on any atom is 0.181 e. The zero-order chi connectivity index (χ0) is 13.9.